The van der Waals surface area contributed by atoms with Gasteiger partial charge in [0.25, 0.3) is 0 Å². The molecule has 1 heterocycles. The van der Waals surface area contributed by atoms with Gasteiger partial charge in [-0.2, -0.15) is 0 Å². The first kappa shape index (κ1) is 13.1. The minimum Gasteiger partial charge on any atom is -0.379 e. The van der Waals surface area contributed by atoms with E-state index in [0.29, 0.717) is 0 Å². The van der Waals surface area contributed by atoms with E-state index in [1.165, 1.54) is 5.56 Å². The zero-order valence-corrected chi connectivity index (χ0v) is 12.1. The summed E-state index contributed by atoms with van der Waals surface area (Å²) < 4.78 is 6.64. The smallest absolute Gasteiger partial charge is 0.0590 e. The molecular formula is C14H20BrNO. The highest BCUT2D eigenvalue weighted by Crippen LogP contribution is 2.49. The molecule has 1 fully saturated rings. The number of halogens is 1. The molecule has 2 N–H and O–H groups in total. The van der Waals surface area contributed by atoms with Gasteiger partial charge in [-0.25, -0.2) is 0 Å². The van der Waals surface area contributed by atoms with Gasteiger partial charge in [0, 0.05) is 9.89 Å². The summed E-state index contributed by atoms with van der Waals surface area (Å²) in [6.45, 7) is 6.92. The third-order valence-corrected chi connectivity index (χ3v) is 4.63. The standard InChI is InChI=1S/C14H20BrNO/c1-13(2,6-7-16)14(9-17-10-14)11-4-3-5-12(15)8-11/h3-5,8H,6-7,9-10,16H2,1-2H3. The van der Waals surface area contributed by atoms with E-state index >= 15 is 0 Å². The van der Waals surface area contributed by atoms with E-state index in [4.69, 9.17) is 10.5 Å². The van der Waals surface area contributed by atoms with Crippen LogP contribution >= 0.6 is 15.9 Å². The van der Waals surface area contributed by atoms with Crippen LogP contribution in [-0.2, 0) is 10.2 Å². The molecule has 1 aromatic rings. The maximum absolute atomic E-state index is 5.75. The van der Waals surface area contributed by atoms with Crippen molar-refractivity contribution in [3.8, 4) is 0 Å². The molecule has 94 valence electrons. The summed E-state index contributed by atoms with van der Waals surface area (Å²) in [5.74, 6) is 0. The van der Waals surface area contributed by atoms with Crippen molar-refractivity contribution in [2.24, 2.45) is 11.1 Å². The van der Waals surface area contributed by atoms with Crippen molar-refractivity contribution in [2.75, 3.05) is 19.8 Å². The van der Waals surface area contributed by atoms with Crippen LogP contribution in [0.1, 0.15) is 25.8 Å². The Labute approximate surface area is 112 Å². The van der Waals surface area contributed by atoms with E-state index in [2.05, 4.69) is 54.0 Å². The molecule has 1 aliphatic heterocycles. The van der Waals surface area contributed by atoms with Gasteiger partial charge in [0.1, 0.15) is 0 Å². The molecule has 0 bridgehead atoms. The van der Waals surface area contributed by atoms with Crippen molar-refractivity contribution in [3.05, 3.63) is 34.3 Å². The molecular weight excluding hydrogens is 278 g/mol. The number of benzene rings is 1. The Balaban J connectivity index is 2.38. The van der Waals surface area contributed by atoms with Crippen LogP contribution in [0.2, 0.25) is 0 Å². The molecule has 2 rings (SSSR count). The highest BCUT2D eigenvalue weighted by molar-refractivity contribution is 9.10. The summed E-state index contributed by atoms with van der Waals surface area (Å²) in [5, 5.41) is 0. The van der Waals surface area contributed by atoms with Crippen molar-refractivity contribution in [1.82, 2.24) is 0 Å². The fourth-order valence-electron chi connectivity index (χ4n) is 2.64. The molecule has 2 nitrogen and oxygen atoms in total. The summed E-state index contributed by atoms with van der Waals surface area (Å²) in [4.78, 5) is 0. The normalized spacial score (nSPS) is 18.8. The highest BCUT2D eigenvalue weighted by atomic mass is 79.9. The summed E-state index contributed by atoms with van der Waals surface area (Å²) in [6.07, 6.45) is 1.02. The fraction of sp³-hybridized carbons (Fsp3) is 0.571. The molecule has 0 aromatic heterocycles. The molecule has 0 radical (unpaired) electrons. The van der Waals surface area contributed by atoms with Crippen LogP contribution in [0.4, 0.5) is 0 Å². The quantitative estimate of drug-likeness (QED) is 0.927. The number of ether oxygens (including phenoxy) is 1. The third kappa shape index (κ3) is 2.16. The third-order valence-electron chi connectivity index (χ3n) is 4.14. The van der Waals surface area contributed by atoms with Gasteiger partial charge in [0.05, 0.1) is 13.2 Å². The first-order valence-corrected chi connectivity index (χ1v) is 6.85. The van der Waals surface area contributed by atoms with Gasteiger partial charge < -0.3 is 10.5 Å². The minimum atomic E-state index is 0.121. The molecule has 0 spiro atoms. The summed E-state index contributed by atoms with van der Waals surface area (Å²) in [5.41, 5.74) is 7.39. The topological polar surface area (TPSA) is 35.2 Å². The molecule has 1 aromatic carbocycles. The predicted molar refractivity (Wildman–Crippen MR) is 74.1 cm³/mol. The van der Waals surface area contributed by atoms with Gasteiger partial charge in [-0.3, -0.25) is 0 Å². The van der Waals surface area contributed by atoms with E-state index in [0.717, 1.165) is 30.7 Å². The largest absolute Gasteiger partial charge is 0.379 e. The monoisotopic (exact) mass is 297 g/mol. The minimum absolute atomic E-state index is 0.121. The van der Waals surface area contributed by atoms with Crippen molar-refractivity contribution in [1.29, 1.82) is 0 Å². The maximum Gasteiger partial charge on any atom is 0.0590 e. The van der Waals surface area contributed by atoms with Crippen molar-refractivity contribution >= 4 is 15.9 Å². The van der Waals surface area contributed by atoms with E-state index in [1.807, 2.05) is 0 Å². The van der Waals surface area contributed by atoms with Crippen LogP contribution in [0.3, 0.4) is 0 Å². The SMILES string of the molecule is CC(C)(CCN)C1(c2cccc(Br)c2)COC1. The van der Waals surface area contributed by atoms with Gasteiger partial charge >= 0.3 is 0 Å². The Morgan fingerprint density at radius 3 is 2.59 bits per heavy atom. The molecule has 3 heteroatoms. The van der Waals surface area contributed by atoms with Crippen LogP contribution in [0.5, 0.6) is 0 Å². The summed E-state index contributed by atoms with van der Waals surface area (Å²) in [6, 6.07) is 8.57. The number of nitrogens with two attached hydrogens (primary N) is 1. The lowest BCUT2D eigenvalue weighted by atomic mass is 9.59. The van der Waals surface area contributed by atoms with Crippen molar-refractivity contribution in [3.63, 3.8) is 0 Å². The van der Waals surface area contributed by atoms with Gasteiger partial charge in [-0.05, 0) is 36.1 Å². The second-order valence-corrected chi connectivity index (χ2v) is 6.42. The highest BCUT2D eigenvalue weighted by Gasteiger charge is 2.51. The fourth-order valence-corrected chi connectivity index (χ4v) is 3.04. The average molecular weight is 298 g/mol. The van der Waals surface area contributed by atoms with Gasteiger partial charge in [-0.1, -0.05) is 41.9 Å². The lowest BCUT2D eigenvalue weighted by Crippen LogP contribution is -2.57. The van der Waals surface area contributed by atoms with Crippen LogP contribution in [0, 0.1) is 5.41 Å². The molecule has 1 saturated heterocycles. The van der Waals surface area contributed by atoms with E-state index < -0.39 is 0 Å². The zero-order valence-electron chi connectivity index (χ0n) is 10.5. The second kappa shape index (κ2) is 4.71. The van der Waals surface area contributed by atoms with Crippen molar-refractivity contribution in [2.45, 2.75) is 25.7 Å². The van der Waals surface area contributed by atoms with Crippen LogP contribution < -0.4 is 5.73 Å². The molecule has 0 amide bonds. The van der Waals surface area contributed by atoms with Crippen LogP contribution in [0.15, 0.2) is 28.7 Å². The molecule has 17 heavy (non-hydrogen) atoms. The van der Waals surface area contributed by atoms with E-state index in [1.54, 1.807) is 0 Å². The van der Waals surface area contributed by atoms with E-state index in [9.17, 15) is 0 Å². The van der Waals surface area contributed by atoms with Gasteiger partial charge in [0.15, 0.2) is 0 Å². The second-order valence-electron chi connectivity index (χ2n) is 5.51. The summed E-state index contributed by atoms with van der Waals surface area (Å²) >= 11 is 3.55. The first-order chi connectivity index (χ1) is 8.02. The Morgan fingerprint density at radius 1 is 1.41 bits per heavy atom. The Morgan fingerprint density at radius 2 is 2.12 bits per heavy atom. The maximum atomic E-state index is 5.75. The van der Waals surface area contributed by atoms with Crippen LogP contribution in [-0.4, -0.2) is 19.8 Å². The Hall–Kier alpha value is -0.380. The van der Waals surface area contributed by atoms with Crippen molar-refractivity contribution < 1.29 is 4.74 Å². The van der Waals surface area contributed by atoms with Crippen LogP contribution in [0.25, 0.3) is 0 Å². The zero-order chi connectivity index (χ0) is 12.5. The van der Waals surface area contributed by atoms with E-state index in [-0.39, 0.29) is 10.8 Å². The van der Waals surface area contributed by atoms with Gasteiger partial charge in [-0.15, -0.1) is 0 Å². The number of rotatable bonds is 4. The summed E-state index contributed by atoms with van der Waals surface area (Å²) in [7, 11) is 0. The lowest BCUT2D eigenvalue weighted by Gasteiger charge is -2.53. The number of hydrogen-bond donors (Lipinski definition) is 1. The molecule has 0 saturated carbocycles. The average Bonchev–Trinajstić information content (AvgIpc) is 2.14. The number of hydrogen-bond acceptors (Lipinski definition) is 2. The molecule has 0 aliphatic carbocycles. The molecule has 1 aliphatic rings. The Bertz CT molecular complexity index is 399. The molecule has 0 unspecified atom stereocenters. The lowest BCUT2D eigenvalue weighted by molar-refractivity contribution is -0.121. The molecule has 0 atom stereocenters. The first-order valence-electron chi connectivity index (χ1n) is 6.06. The Kier molecular flexibility index (Phi) is 3.62. The van der Waals surface area contributed by atoms with Gasteiger partial charge in [0.2, 0.25) is 0 Å². The predicted octanol–water partition coefficient (Wildman–Crippen LogP) is 3.09.